The van der Waals surface area contributed by atoms with Crippen molar-refractivity contribution < 1.29 is 9.72 Å². The summed E-state index contributed by atoms with van der Waals surface area (Å²) in [5.41, 5.74) is 1.11. The minimum absolute atomic E-state index is 0.143. The maximum Gasteiger partial charge on any atom is 0.281 e. The molecule has 0 unspecified atom stereocenters. The Morgan fingerprint density at radius 2 is 1.90 bits per heavy atom. The average Bonchev–Trinajstić information content (AvgIpc) is 2.41. The van der Waals surface area contributed by atoms with Gasteiger partial charge in [0.25, 0.3) is 5.69 Å². The summed E-state index contributed by atoms with van der Waals surface area (Å²) in [6.07, 6.45) is 0. The molecule has 0 atom stereocenters. The third-order valence-electron chi connectivity index (χ3n) is 2.87. The van der Waals surface area contributed by atoms with E-state index in [4.69, 9.17) is 0 Å². The van der Waals surface area contributed by atoms with Gasteiger partial charge in [0.05, 0.1) is 10.5 Å². The predicted octanol–water partition coefficient (Wildman–Crippen LogP) is 4.26. The van der Waals surface area contributed by atoms with Gasteiger partial charge in [-0.25, -0.2) is 0 Å². The van der Waals surface area contributed by atoms with Crippen molar-refractivity contribution in [3.63, 3.8) is 0 Å². The molecule has 0 amide bonds. The predicted molar refractivity (Wildman–Crippen MR) is 78.4 cm³/mol. The van der Waals surface area contributed by atoms with E-state index in [-0.39, 0.29) is 17.0 Å². The van der Waals surface area contributed by atoms with Gasteiger partial charge in [0.1, 0.15) is 0 Å². The van der Waals surface area contributed by atoms with Gasteiger partial charge >= 0.3 is 0 Å². The zero-order valence-electron chi connectivity index (χ0n) is 11.1. The van der Waals surface area contributed by atoms with Crippen molar-refractivity contribution in [1.29, 1.82) is 0 Å². The molecule has 102 valence electrons. The van der Waals surface area contributed by atoms with Gasteiger partial charge in [-0.2, -0.15) is 0 Å². The molecule has 2 aromatic carbocycles. The largest absolute Gasteiger partial charge is 0.294 e. The molecule has 0 heterocycles. The van der Waals surface area contributed by atoms with Crippen LogP contribution in [0.25, 0.3) is 0 Å². The van der Waals surface area contributed by atoms with Crippen LogP contribution in [0.4, 0.5) is 5.69 Å². The van der Waals surface area contributed by atoms with Gasteiger partial charge in [0.2, 0.25) is 0 Å². The molecule has 0 aromatic heterocycles. The van der Waals surface area contributed by atoms with E-state index in [1.807, 2.05) is 31.2 Å². The summed E-state index contributed by atoms with van der Waals surface area (Å²) >= 11 is 1.45. The third kappa shape index (κ3) is 3.05. The number of nitro benzene ring substituents is 1. The number of carbonyl (C=O) groups is 1. The molecule has 0 aliphatic carbocycles. The SMILES string of the molecule is CC(=O)c1ccc(Sc2ccccc2C)cc1[N+](=O)[O-]. The average molecular weight is 287 g/mol. The monoisotopic (exact) mass is 287 g/mol. The normalized spacial score (nSPS) is 10.3. The first-order valence-electron chi connectivity index (χ1n) is 6.02. The lowest BCUT2D eigenvalue weighted by atomic mass is 10.1. The number of nitrogens with zero attached hydrogens (tertiary/aromatic N) is 1. The van der Waals surface area contributed by atoms with Crippen molar-refractivity contribution >= 4 is 23.2 Å². The number of nitro groups is 1. The summed E-state index contributed by atoms with van der Waals surface area (Å²) in [5, 5.41) is 11.0. The highest BCUT2D eigenvalue weighted by molar-refractivity contribution is 7.99. The van der Waals surface area contributed by atoms with Crippen LogP contribution in [-0.2, 0) is 0 Å². The first-order valence-corrected chi connectivity index (χ1v) is 6.83. The fourth-order valence-electron chi connectivity index (χ4n) is 1.82. The van der Waals surface area contributed by atoms with Crippen molar-refractivity contribution in [2.75, 3.05) is 0 Å². The van der Waals surface area contributed by atoms with E-state index in [0.717, 1.165) is 15.4 Å². The Morgan fingerprint density at radius 1 is 1.20 bits per heavy atom. The minimum atomic E-state index is -0.515. The lowest BCUT2D eigenvalue weighted by Crippen LogP contribution is -2.00. The number of rotatable bonds is 4. The minimum Gasteiger partial charge on any atom is -0.294 e. The highest BCUT2D eigenvalue weighted by atomic mass is 32.2. The molecule has 2 aromatic rings. The summed E-state index contributed by atoms with van der Waals surface area (Å²) in [6, 6.07) is 12.5. The molecule has 0 saturated carbocycles. The first kappa shape index (κ1) is 14.3. The number of benzene rings is 2. The van der Waals surface area contributed by atoms with Crippen LogP contribution in [-0.4, -0.2) is 10.7 Å². The molecular formula is C15H13NO3S. The van der Waals surface area contributed by atoms with Crippen LogP contribution in [0.2, 0.25) is 0 Å². The summed E-state index contributed by atoms with van der Waals surface area (Å²) in [4.78, 5) is 23.7. The molecule has 0 fully saturated rings. The van der Waals surface area contributed by atoms with Crippen LogP contribution in [0.15, 0.2) is 52.3 Å². The summed E-state index contributed by atoms with van der Waals surface area (Å²) in [6.45, 7) is 3.32. The van der Waals surface area contributed by atoms with Gasteiger partial charge in [0, 0.05) is 15.9 Å². The fraction of sp³-hybridized carbons (Fsp3) is 0.133. The van der Waals surface area contributed by atoms with E-state index < -0.39 is 4.92 Å². The van der Waals surface area contributed by atoms with E-state index in [2.05, 4.69) is 0 Å². The maximum absolute atomic E-state index is 11.4. The van der Waals surface area contributed by atoms with Gasteiger partial charge in [-0.15, -0.1) is 0 Å². The van der Waals surface area contributed by atoms with Gasteiger partial charge in [-0.05, 0) is 37.6 Å². The maximum atomic E-state index is 11.4. The number of carbonyl (C=O) groups excluding carboxylic acids is 1. The van der Waals surface area contributed by atoms with Crippen molar-refractivity contribution in [1.82, 2.24) is 0 Å². The summed E-state index contributed by atoms with van der Waals surface area (Å²) in [5.74, 6) is -0.302. The van der Waals surface area contributed by atoms with Crippen molar-refractivity contribution in [2.45, 2.75) is 23.6 Å². The molecule has 4 nitrogen and oxygen atoms in total. The standard InChI is InChI=1S/C15H13NO3S/c1-10-5-3-4-6-15(10)20-12-7-8-13(11(2)17)14(9-12)16(18)19/h3-9H,1-2H3. The number of ketones is 1. The van der Waals surface area contributed by atoms with Crippen LogP contribution >= 0.6 is 11.8 Å². The van der Waals surface area contributed by atoms with Gasteiger partial charge in [-0.3, -0.25) is 14.9 Å². The van der Waals surface area contributed by atoms with E-state index in [1.54, 1.807) is 6.07 Å². The quantitative estimate of drug-likeness (QED) is 0.479. The van der Waals surface area contributed by atoms with E-state index >= 15 is 0 Å². The summed E-state index contributed by atoms with van der Waals surface area (Å²) < 4.78 is 0. The van der Waals surface area contributed by atoms with Gasteiger partial charge < -0.3 is 0 Å². The van der Waals surface area contributed by atoms with Crippen molar-refractivity contribution in [3.8, 4) is 0 Å². The number of aryl methyl sites for hydroxylation is 1. The number of hydrogen-bond acceptors (Lipinski definition) is 4. The number of Topliss-reactive ketones (excluding diaryl/α,β-unsaturated/α-hetero) is 1. The van der Waals surface area contributed by atoms with Gasteiger partial charge in [-0.1, -0.05) is 30.0 Å². The molecule has 0 aliphatic rings. The van der Waals surface area contributed by atoms with Crippen molar-refractivity contribution in [2.24, 2.45) is 0 Å². The van der Waals surface area contributed by atoms with E-state index in [1.165, 1.54) is 30.8 Å². The van der Waals surface area contributed by atoms with E-state index in [9.17, 15) is 14.9 Å². The smallest absolute Gasteiger partial charge is 0.281 e. The third-order valence-corrected chi connectivity index (χ3v) is 4.03. The molecule has 5 heteroatoms. The van der Waals surface area contributed by atoms with Crippen LogP contribution in [0.3, 0.4) is 0 Å². The second-order valence-electron chi connectivity index (χ2n) is 4.36. The summed E-state index contributed by atoms with van der Waals surface area (Å²) in [7, 11) is 0. The second kappa shape index (κ2) is 5.88. The molecule has 20 heavy (non-hydrogen) atoms. The van der Waals surface area contributed by atoms with Crippen LogP contribution in [0, 0.1) is 17.0 Å². The van der Waals surface area contributed by atoms with Crippen LogP contribution in [0.1, 0.15) is 22.8 Å². The Morgan fingerprint density at radius 3 is 2.50 bits per heavy atom. The lowest BCUT2D eigenvalue weighted by Gasteiger charge is -2.06. The fourth-order valence-corrected chi connectivity index (χ4v) is 2.76. The Balaban J connectivity index is 2.40. The highest BCUT2D eigenvalue weighted by Crippen LogP contribution is 2.33. The zero-order chi connectivity index (χ0) is 14.7. The molecule has 0 saturated heterocycles. The lowest BCUT2D eigenvalue weighted by molar-refractivity contribution is -0.385. The molecule has 0 bridgehead atoms. The number of hydrogen-bond donors (Lipinski definition) is 0. The van der Waals surface area contributed by atoms with Gasteiger partial charge in [0.15, 0.2) is 5.78 Å². The van der Waals surface area contributed by atoms with Crippen LogP contribution in [0.5, 0.6) is 0 Å². The molecule has 0 spiro atoms. The second-order valence-corrected chi connectivity index (χ2v) is 5.48. The Hall–Kier alpha value is -2.14. The molecule has 0 radical (unpaired) electrons. The first-order chi connectivity index (χ1) is 9.49. The Bertz CT molecular complexity index is 683. The molecule has 0 N–H and O–H groups in total. The molecular weight excluding hydrogens is 274 g/mol. The van der Waals surface area contributed by atoms with Crippen molar-refractivity contribution in [3.05, 3.63) is 63.7 Å². The van der Waals surface area contributed by atoms with Crippen LogP contribution < -0.4 is 0 Å². The highest BCUT2D eigenvalue weighted by Gasteiger charge is 2.18. The Kier molecular flexibility index (Phi) is 4.20. The Labute approximate surface area is 121 Å². The molecule has 2 rings (SSSR count). The molecule has 0 aliphatic heterocycles. The van der Waals surface area contributed by atoms with E-state index in [0.29, 0.717) is 0 Å². The topological polar surface area (TPSA) is 60.2 Å². The zero-order valence-corrected chi connectivity index (χ0v) is 11.9.